The molecular formula is C12H19F3O3. The van der Waals surface area contributed by atoms with E-state index in [1.165, 1.54) is 6.42 Å². The first-order valence-corrected chi connectivity index (χ1v) is 6.51. The predicted molar refractivity (Wildman–Crippen MR) is 58.1 cm³/mol. The first-order valence-electron chi connectivity index (χ1n) is 6.51. The van der Waals surface area contributed by atoms with Gasteiger partial charge in [0.05, 0.1) is 18.3 Å². The molecule has 1 saturated carbocycles. The largest absolute Gasteiger partial charge is 0.522 e. The van der Waals surface area contributed by atoms with Crippen molar-refractivity contribution in [2.45, 2.75) is 63.2 Å². The van der Waals surface area contributed by atoms with Crippen molar-refractivity contribution in [2.24, 2.45) is 0 Å². The van der Waals surface area contributed by atoms with Crippen molar-refractivity contribution in [2.75, 3.05) is 13.2 Å². The van der Waals surface area contributed by atoms with Gasteiger partial charge in [-0.2, -0.15) is 0 Å². The van der Waals surface area contributed by atoms with Crippen LogP contribution in [0.2, 0.25) is 0 Å². The molecule has 1 heterocycles. The van der Waals surface area contributed by atoms with Crippen LogP contribution in [0.5, 0.6) is 0 Å². The van der Waals surface area contributed by atoms with Crippen molar-refractivity contribution in [3.05, 3.63) is 0 Å². The Bertz CT molecular complexity index is 245. The second kappa shape index (κ2) is 6.21. The summed E-state index contributed by atoms with van der Waals surface area (Å²) in [6.07, 6.45) is -0.175. The molecule has 1 saturated heterocycles. The van der Waals surface area contributed by atoms with Crippen LogP contribution in [0.15, 0.2) is 0 Å². The molecule has 1 aliphatic heterocycles. The summed E-state index contributed by atoms with van der Waals surface area (Å²) in [5.41, 5.74) is 0. The van der Waals surface area contributed by atoms with Crippen LogP contribution >= 0.6 is 0 Å². The van der Waals surface area contributed by atoms with Gasteiger partial charge in [-0.3, -0.25) is 4.74 Å². The van der Waals surface area contributed by atoms with Crippen LogP contribution in [0.3, 0.4) is 0 Å². The average molecular weight is 268 g/mol. The van der Waals surface area contributed by atoms with Gasteiger partial charge in [-0.1, -0.05) is 0 Å². The second-order valence-electron chi connectivity index (χ2n) is 4.93. The molecule has 1 unspecified atom stereocenters. The van der Waals surface area contributed by atoms with Crippen molar-refractivity contribution in [1.82, 2.24) is 0 Å². The molecule has 0 spiro atoms. The fourth-order valence-electron chi connectivity index (χ4n) is 2.34. The number of ether oxygens (including phenoxy) is 3. The van der Waals surface area contributed by atoms with Crippen molar-refractivity contribution in [1.29, 1.82) is 0 Å². The van der Waals surface area contributed by atoms with E-state index < -0.39 is 12.5 Å². The van der Waals surface area contributed by atoms with Crippen molar-refractivity contribution in [3.8, 4) is 0 Å². The molecular weight excluding hydrogens is 249 g/mol. The fourth-order valence-corrected chi connectivity index (χ4v) is 2.34. The van der Waals surface area contributed by atoms with Crippen LogP contribution in [0.4, 0.5) is 13.2 Å². The highest BCUT2D eigenvalue weighted by atomic mass is 19.4. The van der Waals surface area contributed by atoms with Gasteiger partial charge >= 0.3 is 6.36 Å². The van der Waals surface area contributed by atoms with Gasteiger partial charge in [-0.05, 0) is 25.7 Å². The lowest BCUT2D eigenvalue weighted by Gasteiger charge is -2.35. The SMILES string of the molecule is FC(F)(F)OC1CC(OCCC2CCCCO2)C1. The molecule has 0 amide bonds. The number of hydrogen-bond donors (Lipinski definition) is 0. The minimum absolute atomic E-state index is 0.0825. The minimum Gasteiger partial charge on any atom is -0.378 e. The Kier molecular flexibility index (Phi) is 4.86. The number of halogens is 3. The summed E-state index contributed by atoms with van der Waals surface area (Å²) in [5, 5.41) is 0. The van der Waals surface area contributed by atoms with E-state index in [9.17, 15) is 13.2 Å². The first-order chi connectivity index (χ1) is 8.53. The maximum Gasteiger partial charge on any atom is 0.522 e. The average Bonchev–Trinajstić information content (AvgIpc) is 2.25. The van der Waals surface area contributed by atoms with E-state index in [0.717, 1.165) is 25.9 Å². The number of hydrogen-bond acceptors (Lipinski definition) is 3. The fraction of sp³-hybridized carbons (Fsp3) is 1.00. The van der Waals surface area contributed by atoms with Gasteiger partial charge in [0.25, 0.3) is 0 Å². The zero-order chi connectivity index (χ0) is 13.0. The van der Waals surface area contributed by atoms with Crippen LogP contribution in [0.1, 0.15) is 38.5 Å². The predicted octanol–water partition coefficient (Wildman–Crippen LogP) is 3.03. The molecule has 18 heavy (non-hydrogen) atoms. The molecule has 0 aromatic heterocycles. The molecule has 106 valence electrons. The summed E-state index contributed by atoms with van der Waals surface area (Å²) in [7, 11) is 0. The molecule has 0 aromatic rings. The van der Waals surface area contributed by atoms with Gasteiger partial charge in [-0.25, -0.2) is 0 Å². The monoisotopic (exact) mass is 268 g/mol. The Morgan fingerprint density at radius 1 is 1.11 bits per heavy atom. The lowest BCUT2D eigenvalue weighted by atomic mass is 9.92. The molecule has 2 fully saturated rings. The van der Waals surface area contributed by atoms with E-state index in [1.807, 2.05) is 0 Å². The van der Waals surface area contributed by atoms with E-state index in [-0.39, 0.29) is 12.2 Å². The minimum atomic E-state index is -4.52. The van der Waals surface area contributed by atoms with Crippen molar-refractivity contribution in [3.63, 3.8) is 0 Å². The van der Waals surface area contributed by atoms with E-state index in [1.54, 1.807) is 0 Å². The first kappa shape index (κ1) is 14.1. The third-order valence-electron chi connectivity index (χ3n) is 3.42. The summed E-state index contributed by atoms with van der Waals surface area (Å²) >= 11 is 0. The molecule has 0 radical (unpaired) electrons. The van der Waals surface area contributed by atoms with Crippen LogP contribution < -0.4 is 0 Å². The van der Waals surface area contributed by atoms with Crippen molar-refractivity contribution < 1.29 is 27.4 Å². The summed E-state index contributed by atoms with van der Waals surface area (Å²) < 4.78 is 50.5. The summed E-state index contributed by atoms with van der Waals surface area (Å²) in [6.45, 7) is 1.38. The maximum absolute atomic E-state index is 11.9. The van der Waals surface area contributed by atoms with Crippen LogP contribution in [0.25, 0.3) is 0 Å². The summed E-state index contributed by atoms with van der Waals surface area (Å²) in [4.78, 5) is 0. The van der Waals surface area contributed by atoms with Crippen LogP contribution in [-0.2, 0) is 14.2 Å². The standard InChI is InChI=1S/C12H19F3O3/c13-12(14,15)18-11-7-10(8-11)17-6-4-9-3-1-2-5-16-9/h9-11H,1-8H2. The molecule has 1 aliphatic carbocycles. The van der Waals surface area contributed by atoms with Gasteiger partial charge in [0.1, 0.15) is 0 Å². The quantitative estimate of drug-likeness (QED) is 0.767. The molecule has 6 heteroatoms. The van der Waals surface area contributed by atoms with E-state index in [0.29, 0.717) is 19.4 Å². The topological polar surface area (TPSA) is 27.7 Å². The van der Waals surface area contributed by atoms with Gasteiger partial charge in [0.2, 0.25) is 0 Å². The number of rotatable bonds is 5. The van der Waals surface area contributed by atoms with E-state index >= 15 is 0 Å². The second-order valence-corrected chi connectivity index (χ2v) is 4.93. The highest BCUT2D eigenvalue weighted by molar-refractivity contribution is 4.81. The highest BCUT2D eigenvalue weighted by Crippen LogP contribution is 2.32. The van der Waals surface area contributed by atoms with E-state index in [2.05, 4.69) is 4.74 Å². The lowest BCUT2D eigenvalue weighted by molar-refractivity contribution is -0.357. The van der Waals surface area contributed by atoms with Gasteiger partial charge < -0.3 is 9.47 Å². The molecule has 0 bridgehead atoms. The molecule has 2 rings (SSSR count). The maximum atomic E-state index is 11.9. The Balaban J connectivity index is 1.49. The zero-order valence-electron chi connectivity index (χ0n) is 10.2. The Morgan fingerprint density at radius 2 is 1.89 bits per heavy atom. The molecule has 0 N–H and O–H groups in total. The Hall–Kier alpha value is -0.330. The number of alkyl halides is 3. The zero-order valence-corrected chi connectivity index (χ0v) is 10.2. The smallest absolute Gasteiger partial charge is 0.378 e. The third-order valence-corrected chi connectivity index (χ3v) is 3.42. The van der Waals surface area contributed by atoms with Crippen LogP contribution in [0, 0.1) is 0 Å². The van der Waals surface area contributed by atoms with Gasteiger partial charge in [0, 0.05) is 26.1 Å². The summed E-state index contributed by atoms with van der Waals surface area (Å²) in [5.74, 6) is 0. The van der Waals surface area contributed by atoms with Gasteiger partial charge in [0.15, 0.2) is 0 Å². The molecule has 2 aliphatic rings. The molecule has 0 aromatic carbocycles. The van der Waals surface area contributed by atoms with Crippen LogP contribution in [-0.4, -0.2) is 37.9 Å². The highest BCUT2D eigenvalue weighted by Gasteiger charge is 2.40. The normalized spacial score (nSPS) is 33.2. The van der Waals surface area contributed by atoms with Gasteiger partial charge in [-0.15, -0.1) is 13.2 Å². The third kappa shape index (κ3) is 4.74. The Morgan fingerprint density at radius 3 is 2.50 bits per heavy atom. The molecule has 1 atom stereocenters. The Labute approximate surface area is 105 Å². The lowest BCUT2D eigenvalue weighted by Crippen LogP contribution is -2.41. The molecule has 3 nitrogen and oxygen atoms in total. The van der Waals surface area contributed by atoms with E-state index in [4.69, 9.17) is 9.47 Å². The van der Waals surface area contributed by atoms with Crippen molar-refractivity contribution >= 4 is 0 Å². The summed E-state index contributed by atoms with van der Waals surface area (Å²) in [6, 6.07) is 0.